The van der Waals surface area contributed by atoms with Crippen LogP contribution in [-0.4, -0.2) is 12.6 Å². The lowest BCUT2D eigenvalue weighted by molar-refractivity contribution is 0.119. The second-order valence-corrected chi connectivity index (χ2v) is 7.21. The molecule has 3 saturated carbocycles. The first-order valence-corrected chi connectivity index (χ1v) is 7.46. The number of hydrogen-bond acceptors (Lipinski definition) is 2. The fourth-order valence-corrected chi connectivity index (χ4v) is 4.44. The highest BCUT2D eigenvalue weighted by molar-refractivity contribution is 7.10. The second kappa shape index (κ2) is 3.11. The van der Waals surface area contributed by atoms with Gasteiger partial charge in [0.25, 0.3) is 0 Å². The topological polar surface area (TPSA) is 12.0 Å². The number of hydrogen-bond donors (Lipinski definition) is 1. The molecule has 1 spiro atoms. The molecule has 4 rings (SSSR count). The average molecular weight is 233 g/mol. The third-order valence-electron chi connectivity index (χ3n) is 4.73. The Morgan fingerprint density at radius 1 is 1.31 bits per heavy atom. The first kappa shape index (κ1) is 9.67. The minimum atomic E-state index is 0.521. The van der Waals surface area contributed by atoms with Gasteiger partial charge in [0, 0.05) is 22.9 Å². The molecule has 1 heterocycles. The third kappa shape index (κ3) is 1.46. The highest BCUT2D eigenvalue weighted by atomic mass is 32.1. The summed E-state index contributed by atoms with van der Waals surface area (Å²) in [6, 6.07) is 5.43. The van der Waals surface area contributed by atoms with Crippen LogP contribution in [0.15, 0.2) is 17.5 Å². The zero-order valence-electron chi connectivity index (χ0n) is 9.67. The van der Waals surface area contributed by atoms with E-state index in [1.165, 1.54) is 45.1 Å². The van der Waals surface area contributed by atoms with Gasteiger partial charge < -0.3 is 5.32 Å². The summed E-state index contributed by atoms with van der Waals surface area (Å²) >= 11 is 1.97. The maximum Gasteiger partial charge on any atom is 0.0182 e. The largest absolute Gasteiger partial charge is 0.313 e. The summed E-state index contributed by atoms with van der Waals surface area (Å²) in [7, 11) is 0. The Bertz CT molecular complexity index is 379. The molecule has 0 radical (unpaired) electrons. The molecule has 0 saturated heterocycles. The summed E-state index contributed by atoms with van der Waals surface area (Å²) in [5.74, 6) is 0. The number of nitrogens with one attached hydrogen (secondary N) is 1. The Balaban J connectivity index is 1.53. The van der Waals surface area contributed by atoms with Crippen molar-refractivity contribution in [1.29, 1.82) is 0 Å². The fourth-order valence-electron chi connectivity index (χ4n) is 3.51. The van der Waals surface area contributed by atoms with Crippen molar-refractivity contribution >= 4 is 11.3 Å². The standard InChI is InChI=1S/C14H19NS/c1-2-12(16-7-1)14(10-15-11-3-4-11)8-13(9-14)5-6-13/h1-2,7,11,15H,3-6,8-10H2. The highest BCUT2D eigenvalue weighted by Crippen LogP contribution is 2.69. The second-order valence-electron chi connectivity index (χ2n) is 6.27. The van der Waals surface area contributed by atoms with Crippen molar-refractivity contribution in [1.82, 2.24) is 5.32 Å². The van der Waals surface area contributed by atoms with Crippen LogP contribution in [0, 0.1) is 5.41 Å². The normalized spacial score (nSPS) is 29.0. The zero-order chi connectivity index (χ0) is 10.6. The molecule has 0 unspecified atom stereocenters. The van der Waals surface area contributed by atoms with Crippen LogP contribution in [0.2, 0.25) is 0 Å². The van der Waals surface area contributed by atoms with Gasteiger partial charge in [0.15, 0.2) is 0 Å². The molecule has 0 amide bonds. The summed E-state index contributed by atoms with van der Waals surface area (Å²) in [6.45, 7) is 1.24. The Morgan fingerprint density at radius 2 is 2.12 bits per heavy atom. The lowest BCUT2D eigenvalue weighted by Gasteiger charge is -2.48. The van der Waals surface area contributed by atoms with Crippen molar-refractivity contribution < 1.29 is 0 Å². The molecule has 86 valence electrons. The highest BCUT2D eigenvalue weighted by Gasteiger charge is 2.61. The molecule has 1 N–H and O–H groups in total. The van der Waals surface area contributed by atoms with Crippen molar-refractivity contribution in [2.45, 2.75) is 50.0 Å². The zero-order valence-corrected chi connectivity index (χ0v) is 10.5. The van der Waals surface area contributed by atoms with E-state index in [-0.39, 0.29) is 0 Å². The van der Waals surface area contributed by atoms with Crippen LogP contribution in [0.1, 0.15) is 43.4 Å². The van der Waals surface area contributed by atoms with Gasteiger partial charge in [-0.05, 0) is 55.4 Å². The van der Waals surface area contributed by atoms with Gasteiger partial charge in [-0.3, -0.25) is 0 Å². The average Bonchev–Trinajstić information content (AvgIpc) is 3.14. The molecule has 0 bridgehead atoms. The minimum absolute atomic E-state index is 0.521. The van der Waals surface area contributed by atoms with Gasteiger partial charge in [0.1, 0.15) is 0 Å². The van der Waals surface area contributed by atoms with E-state index in [9.17, 15) is 0 Å². The Kier molecular flexibility index (Phi) is 1.88. The van der Waals surface area contributed by atoms with Crippen LogP contribution in [-0.2, 0) is 5.41 Å². The summed E-state index contributed by atoms with van der Waals surface area (Å²) in [5, 5.41) is 6.00. The Hall–Kier alpha value is -0.340. The first-order valence-electron chi connectivity index (χ1n) is 6.58. The van der Waals surface area contributed by atoms with E-state index in [4.69, 9.17) is 0 Å². The van der Waals surface area contributed by atoms with Crippen molar-refractivity contribution in [2.75, 3.05) is 6.54 Å². The van der Waals surface area contributed by atoms with E-state index < -0.39 is 0 Å². The molecule has 1 nitrogen and oxygen atoms in total. The predicted molar refractivity (Wildman–Crippen MR) is 67.9 cm³/mol. The Labute approximate surface area is 101 Å². The SMILES string of the molecule is c1csc(C2(CNC3CC3)CC3(CC3)C2)c1. The van der Waals surface area contributed by atoms with Crippen molar-refractivity contribution in [3.63, 3.8) is 0 Å². The van der Waals surface area contributed by atoms with E-state index in [2.05, 4.69) is 22.8 Å². The van der Waals surface area contributed by atoms with Crippen molar-refractivity contribution in [3.8, 4) is 0 Å². The van der Waals surface area contributed by atoms with Crippen LogP contribution in [0.25, 0.3) is 0 Å². The minimum Gasteiger partial charge on any atom is -0.313 e. The molecule has 0 atom stereocenters. The molecule has 2 heteroatoms. The lowest BCUT2D eigenvalue weighted by atomic mass is 9.58. The van der Waals surface area contributed by atoms with E-state index in [0.717, 1.165) is 11.5 Å². The van der Waals surface area contributed by atoms with E-state index in [1.54, 1.807) is 4.88 Å². The van der Waals surface area contributed by atoms with Gasteiger partial charge in [-0.1, -0.05) is 6.07 Å². The van der Waals surface area contributed by atoms with Gasteiger partial charge in [-0.15, -0.1) is 11.3 Å². The van der Waals surface area contributed by atoms with Crippen LogP contribution < -0.4 is 5.32 Å². The third-order valence-corrected chi connectivity index (χ3v) is 5.85. The molecule has 1 aromatic rings. The summed E-state index contributed by atoms with van der Waals surface area (Å²) in [6.07, 6.45) is 8.74. The number of rotatable bonds is 4. The maximum absolute atomic E-state index is 3.76. The van der Waals surface area contributed by atoms with Crippen LogP contribution in [0.3, 0.4) is 0 Å². The van der Waals surface area contributed by atoms with Gasteiger partial charge >= 0.3 is 0 Å². The summed E-state index contributed by atoms with van der Waals surface area (Å²) < 4.78 is 0. The van der Waals surface area contributed by atoms with E-state index >= 15 is 0 Å². The van der Waals surface area contributed by atoms with Crippen LogP contribution in [0.5, 0.6) is 0 Å². The van der Waals surface area contributed by atoms with Crippen molar-refractivity contribution in [3.05, 3.63) is 22.4 Å². The summed E-state index contributed by atoms with van der Waals surface area (Å²) in [4.78, 5) is 1.64. The molecule has 0 aliphatic heterocycles. The van der Waals surface area contributed by atoms with Gasteiger partial charge in [0.05, 0.1) is 0 Å². The number of thiophene rings is 1. The monoisotopic (exact) mass is 233 g/mol. The molecule has 0 aromatic carbocycles. The van der Waals surface area contributed by atoms with Crippen LogP contribution >= 0.6 is 11.3 Å². The smallest absolute Gasteiger partial charge is 0.0182 e. The van der Waals surface area contributed by atoms with Crippen molar-refractivity contribution in [2.24, 2.45) is 5.41 Å². The fraction of sp³-hybridized carbons (Fsp3) is 0.714. The Morgan fingerprint density at radius 3 is 2.69 bits per heavy atom. The molecule has 1 aromatic heterocycles. The molecule has 3 aliphatic carbocycles. The molecular formula is C14H19NS. The predicted octanol–water partition coefficient (Wildman–Crippen LogP) is 3.31. The maximum atomic E-state index is 3.76. The van der Waals surface area contributed by atoms with Gasteiger partial charge in [0.2, 0.25) is 0 Å². The van der Waals surface area contributed by atoms with Crippen LogP contribution in [0.4, 0.5) is 0 Å². The van der Waals surface area contributed by atoms with Gasteiger partial charge in [-0.2, -0.15) is 0 Å². The molecule has 3 aliphatic rings. The van der Waals surface area contributed by atoms with E-state index in [1.807, 2.05) is 11.3 Å². The van der Waals surface area contributed by atoms with E-state index in [0.29, 0.717) is 5.41 Å². The quantitative estimate of drug-likeness (QED) is 0.841. The van der Waals surface area contributed by atoms with Gasteiger partial charge in [-0.25, -0.2) is 0 Å². The first-order chi connectivity index (χ1) is 7.80. The lowest BCUT2D eigenvalue weighted by Crippen LogP contribution is -2.49. The molecular weight excluding hydrogens is 214 g/mol. The molecule has 3 fully saturated rings. The molecule has 16 heavy (non-hydrogen) atoms. The summed E-state index contributed by atoms with van der Waals surface area (Å²) in [5.41, 5.74) is 1.32.